The van der Waals surface area contributed by atoms with Crippen LogP contribution in [0.2, 0.25) is 0 Å². The monoisotopic (exact) mass is 540 g/mol. The second-order valence-corrected chi connectivity index (χ2v) is 4.40. The number of carboxylic acids is 6. The van der Waals surface area contributed by atoms with E-state index in [0.717, 1.165) is 0 Å². The summed E-state index contributed by atoms with van der Waals surface area (Å²) >= 11 is 0. The minimum atomic E-state index is -2.38. The Morgan fingerprint density at radius 1 is 0.548 bits per heavy atom. The quantitative estimate of drug-likeness (QED) is 0.122. The molecule has 0 aromatic heterocycles. The Bertz CT molecular complexity index is 499. The standard InChI is InChI=1S/2C4H6O6.C4H6O4.Li.2Ni/c2*5-1(3(7)8)2(6)4(9)10;5-3(6)1-2-4(7)8;;;/h2*1-2,5-6H,(H,7,8)(H,9,10);1-2H2,(H,5,6)(H,7,8);;;/q;;;+1;;/p-1. The molecule has 0 aliphatic heterocycles. The average molecular weight is 542 g/mol. The zero-order chi connectivity index (χ0) is 23.2. The maximum atomic E-state index is 9.77. The van der Waals surface area contributed by atoms with Crippen molar-refractivity contribution in [1.82, 2.24) is 0 Å². The minimum absolute atomic E-state index is 0. The van der Waals surface area contributed by atoms with Gasteiger partial charge >= 0.3 is 48.7 Å². The van der Waals surface area contributed by atoms with Crippen LogP contribution in [0.1, 0.15) is 12.8 Å². The van der Waals surface area contributed by atoms with Gasteiger partial charge in [-0.15, -0.1) is 0 Å². The van der Waals surface area contributed by atoms with Gasteiger partial charge in [0.05, 0.1) is 18.8 Å². The zero-order valence-electron chi connectivity index (χ0n) is 15.2. The van der Waals surface area contributed by atoms with Gasteiger partial charge in [0.1, 0.15) is 6.10 Å². The molecule has 31 heavy (non-hydrogen) atoms. The number of aliphatic carboxylic acids is 6. The van der Waals surface area contributed by atoms with E-state index in [1.54, 1.807) is 0 Å². The number of carboxylic acid groups (broad SMARTS) is 6. The third-order valence-electron chi connectivity index (χ3n) is 2.15. The predicted molar refractivity (Wildman–Crippen MR) is 76.4 cm³/mol. The maximum absolute atomic E-state index is 9.77. The first-order valence-corrected chi connectivity index (χ1v) is 6.61. The van der Waals surface area contributed by atoms with E-state index in [0.29, 0.717) is 0 Å². The molecule has 4 unspecified atom stereocenters. The molecular weight excluding hydrogens is 524 g/mol. The van der Waals surface area contributed by atoms with E-state index in [1.807, 2.05) is 0 Å². The van der Waals surface area contributed by atoms with Crippen LogP contribution in [0.15, 0.2) is 0 Å². The van der Waals surface area contributed by atoms with Crippen molar-refractivity contribution in [2.75, 3.05) is 0 Å². The second kappa shape index (κ2) is 22.9. The van der Waals surface area contributed by atoms with Crippen molar-refractivity contribution >= 4 is 35.8 Å². The summed E-state index contributed by atoms with van der Waals surface area (Å²) in [5, 5.41) is 82.5. The van der Waals surface area contributed by atoms with Gasteiger partial charge in [-0.2, -0.15) is 0 Å². The Labute approximate surface area is 204 Å². The van der Waals surface area contributed by atoms with Crippen LogP contribution in [-0.4, -0.2) is 106 Å². The molecule has 0 aliphatic carbocycles. The molecule has 9 N–H and O–H groups in total. The van der Waals surface area contributed by atoms with Crippen molar-refractivity contribution in [3.8, 4) is 0 Å². The van der Waals surface area contributed by atoms with Gasteiger partial charge < -0.3 is 55.9 Å². The first-order chi connectivity index (χ1) is 12.6. The van der Waals surface area contributed by atoms with Crippen molar-refractivity contribution in [3.05, 3.63) is 0 Å². The molecule has 0 spiro atoms. The molecule has 0 amide bonds. The molecule has 16 nitrogen and oxygen atoms in total. The largest absolute Gasteiger partial charge is 1.00 e. The number of carbonyl (C=O) groups is 6. The number of hydrogen-bond acceptors (Lipinski definition) is 11. The summed E-state index contributed by atoms with van der Waals surface area (Å²) in [5.41, 5.74) is 0. The Morgan fingerprint density at radius 2 is 0.742 bits per heavy atom. The Balaban J connectivity index is -0.0000000726. The average Bonchev–Trinajstić information content (AvgIpc) is 2.57. The van der Waals surface area contributed by atoms with Crippen LogP contribution in [0, 0.1) is 0 Å². The number of hydrogen-bond donors (Lipinski definition) is 9. The molecule has 0 aromatic rings. The van der Waals surface area contributed by atoms with Crippen LogP contribution >= 0.6 is 0 Å². The number of aliphatic hydroxyl groups is 4. The summed E-state index contributed by atoms with van der Waals surface area (Å²) in [6, 6.07) is 0. The van der Waals surface area contributed by atoms with E-state index >= 15 is 0 Å². The molecule has 0 saturated heterocycles. The molecule has 0 rings (SSSR count). The Hall–Kier alpha value is -1.76. The molecule has 19 heteroatoms. The topological polar surface area (TPSA) is 308 Å². The van der Waals surface area contributed by atoms with E-state index < -0.39 is 60.2 Å². The Kier molecular flexibility index (Phi) is 31.9. The van der Waals surface area contributed by atoms with Crippen molar-refractivity contribution in [3.63, 3.8) is 0 Å². The van der Waals surface area contributed by atoms with Crippen LogP contribution in [0.4, 0.5) is 0 Å². The van der Waals surface area contributed by atoms with Gasteiger partial charge in [-0.1, -0.05) is 0 Å². The van der Waals surface area contributed by atoms with E-state index in [9.17, 15) is 33.9 Å². The molecule has 0 aromatic carbocycles. The SMILES string of the molecule is O=C(O)C(O)C(O)C(=O)O.O=C(O)CCC(=O)O.O=C([O-])C(O)C(O)C(=O)O.[Li+].[Ni].[Ni]. The van der Waals surface area contributed by atoms with Crippen LogP contribution in [0.5, 0.6) is 0 Å². The fourth-order valence-electron chi connectivity index (χ4n) is 0.748. The first-order valence-electron chi connectivity index (χ1n) is 6.61. The smallest absolute Gasteiger partial charge is 0.547 e. The van der Waals surface area contributed by atoms with Gasteiger partial charge in [-0.3, -0.25) is 9.59 Å². The summed E-state index contributed by atoms with van der Waals surface area (Å²) in [6.45, 7) is 0. The summed E-state index contributed by atoms with van der Waals surface area (Å²) in [4.78, 5) is 58.2. The summed E-state index contributed by atoms with van der Waals surface area (Å²) in [6.07, 6.45) is -9.83. The normalized spacial score (nSPS) is 12.4. The van der Waals surface area contributed by atoms with Crippen molar-refractivity contribution in [2.45, 2.75) is 37.3 Å². The molecular formula is C12H17LiNi2O16. The van der Waals surface area contributed by atoms with Gasteiger partial charge in [0, 0.05) is 33.0 Å². The second-order valence-electron chi connectivity index (χ2n) is 4.40. The maximum Gasteiger partial charge on any atom is 1.00 e. The van der Waals surface area contributed by atoms with Gasteiger partial charge in [-0.25, -0.2) is 14.4 Å². The van der Waals surface area contributed by atoms with Gasteiger partial charge in [0.15, 0.2) is 18.3 Å². The fourth-order valence-corrected chi connectivity index (χ4v) is 0.748. The van der Waals surface area contributed by atoms with E-state index in [-0.39, 0.29) is 64.7 Å². The van der Waals surface area contributed by atoms with Gasteiger partial charge in [0.2, 0.25) is 0 Å². The van der Waals surface area contributed by atoms with Gasteiger partial charge in [0.25, 0.3) is 0 Å². The van der Waals surface area contributed by atoms with E-state index in [1.165, 1.54) is 0 Å². The Morgan fingerprint density at radius 3 is 0.839 bits per heavy atom. The van der Waals surface area contributed by atoms with Crippen molar-refractivity contribution in [1.29, 1.82) is 0 Å². The number of rotatable bonds is 9. The molecule has 0 bridgehead atoms. The van der Waals surface area contributed by atoms with E-state index in [2.05, 4.69) is 0 Å². The molecule has 0 aliphatic rings. The summed E-state index contributed by atoms with van der Waals surface area (Å²) in [7, 11) is 0. The first kappa shape index (κ1) is 43.2. The number of carbonyl (C=O) groups excluding carboxylic acids is 1. The minimum Gasteiger partial charge on any atom is -0.547 e. The van der Waals surface area contributed by atoms with Crippen LogP contribution in [0.3, 0.4) is 0 Å². The van der Waals surface area contributed by atoms with E-state index in [4.69, 9.17) is 46.0 Å². The third-order valence-corrected chi connectivity index (χ3v) is 2.15. The zero-order valence-corrected chi connectivity index (χ0v) is 17.2. The fraction of sp³-hybridized carbons (Fsp3) is 0.500. The number of aliphatic hydroxyl groups excluding tert-OH is 4. The van der Waals surface area contributed by atoms with Crippen LogP contribution in [0.25, 0.3) is 0 Å². The van der Waals surface area contributed by atoms with Gasteiger partial charge in [-0.05, 0) is 0 Å². The van der Waals surface area contributed by atoms with Crippen molar-refractivity contribution < 1.29 is 132 Å². The third kappa shape index (κ3) is 26.2. The summed E-state index contributed by atoms with van der Waals surface area (Å²) < 4.78 is 0. The molecule has 182 valence electrons. The molecule has 0 heterocycles. The molecule has 4 atom stereocenters. The molecule has 0 radical (unpaired) electrons. The van der Waals surface area contributed by atoms with Crippen molar-refractivity contribution in [2.24, 2.45) is 0 Å². The van der Waals surface area contributed by atoms with Crippen LogP contribution < -0.4 is 24.0 Å². The predicted octanol–water partition coefficient (Wildman–Crippen LogP) is -8.65. The molecule has 0 fully saturated rings. The summed E-state index contributed by atoms with van der Waals surface area (Å²) in [5.74, 6) is -9.52. The molecule has 0 saturated carbocycles. The van der Waals surface area contributed by atoms with Crippen LogP contribution in [-0.2, 0) is 61.8 Å².